The molecule has 0 fully saturated rings. The van der Waals surface area contributed by atoms with Crippen molar-refractivity contribution in [3.8, 4) is 0 Å². The summed E-state index contributed by atoms with van der Waals surface area (Å²) in [5.41, 5.74) is 0.923. The molecule has 2 aromatic rings. The lowest BCUT2D eigenvalue weighted by atomic mass is 10.0. The molecule has 0 atom stereocenters. The number of hydrogen-bond donors (Lipinski definition) is 2. The predicted octanol–water partition coefficient (Wildman–Crippen LogP) is 3.68. The molecule has 0 aliphatic carbocycles. The molecule has 0 aliphatic heterocycles. The molecule has 2 N–H and O–H groups in total. The van der Waals surface area contributed by atoms with Gasteiger partial charge >= 0.3 is 7.60 Å². The molecule has 2 rings (SSSR count). The van der Waals surface area contributed by atoms with Gasteiger partial charge < -0.3 is 9.79 Å². The molecule has 0 amide bonds. The molecule has 4 nitrogen and oxygen atoms in total. The quantitative estimate of drug-likeness (QED) is 0.504. The van der Waals surface area contributed by atoms with Crippen molar-refractivity contribution in [3.63, 3.8) is 0 Å². The van der Waals surface area contributed by atoms with Crippen LogP contribution in [0, 0.1) is 0 Å². The van der Waals surface area contributed by atoms with Gasteiger partial charge in [0, 0.05) is 16.7 Å². The maximum Gasteiger partial charge on any atom is 0.365 e. The third-order valence-electron chi connectivity index (χ3n) is 2.90. The highest BCUT2D eigenvalue weighted by atomic mass is 35.5. The van der Waals surface area contributed by atoms with Gasteiger partial charge in [-0.2, -0.15) is 0 Å². The minimum Gasteiger partial charge on any atom is -0.322 e. The van der Waals surface area contributed by atoms with Gasteiger partial charge in [-0.05, 0) is 0 Å². The molecule has 0 aromatic heterocycles. The van der Waals surface area contributed by atoms with E-state index >= 15 is 0 Å². The summed E-state index contributed by atoms with van der Waals surface area (Å²) in [7, 11) is -4.74. The number of carbonyl (C=O) groups excluding carboxylic acids is 1. The van der Waals surface area contributed by atoms with E-state index in [0.717, 1.165) is 0 Å². The summed E-state index contributed by atoms with van der Waals surface area (Å²) in [6, 6.07) is 14.2. The molecule has 110 valence electrons. The molecule has 0 heterocycles. The predicted molar refractivity (Wildman–Crippen MR) is 81.7 cm³/mol. The summed E-state index contributed by atoms with van der Waals surface area (Å²) in [5.74, 6) is -0.201. The second-order valence-corrected chi connectivity index (χ2v) is 7.97. The minimum absolute atomic E-state index is 0.0313. The Kier molecular flexibility index (Phi) is 4.57. The first-order valence-electron chi connectivity index (χ1n) is 5.87. The van der Waals surface area contributed by atoms with Gasteiger partial charge in [-0.1, -0.05) is 77.8 Å². The summed E-state index contributed by atoms with van der Waals surface area (Å²) >= 11 is 11.4. The Bertz CT molecular complexity index is 693. The van der Waals surface area contributed by atoms with Gasteiger partial charge in [0.2, 0.25) is 4.07 Å². The number of halogens is 2. The van der Waals surface area contributed by atoms with E-state index in [1.807, 2.05) is 0 Å². The van der Waals surface area contributed by atoms with E-state index in [1.165, 1.54) is 24.3 Å². The fourth-order valence-electron chi connectivity index (χ4n) is 1.75. The Morgan fingerprint density at radius 1 is 0.905 bits per heavy atom. The number of carbonyl (C=O) groups is 1. The molecular formula is C14H11Cl2O4P. The number of rotatable bonds is 4. The number of alkyl halides is 2. The molecule has 2 aromatic carbocycles. The Morgan fingerprint density at radius 2 is 1.38 bits per heavy atom. The summed E-state index contributed by atoms with van der Waals surface area (Å²) in [6.07, 6.45) is 0. The molecule has 0 saturated carbocycles. The Hall–Kier alpha value is -1.16. The lowest BCUT2D eigenvalue weighted by Gasteiger charge is -2.21. The lowest BCUT2D eigenvalue weighted by Crippen LogP contribution is -2.11. The van der Waals surface area contributed by atoms with Crippen molar-refractivity contribution >= 4 is 36.6 Å². The minimum atomic E-state index is -4.74. The molecule has 0 unspecified atom stereocenters. The molecule has 0 aliphatic rings. The van der Waals surface area contributed by atoms with Gasteiger partial charge in [-0.25, -0.2) is 0 Å². The van der Waals surface area contributed by atoms with Crippen LogP contribution in [0.2, 0.25) is 0 Å². The fraction of sp³-hybridized carbons (Fsp3) is 0.0714. The van der Waals surface area contributed by atoms with Crippen molar-refractivity contribution in [2.75, 3.05) is 0 Å². The van der Waals surface area contributed by atoms with Crippen LogP contribution in [0.1, 0.15) is 21.5 Å². The standard InChI is InChI=1S/C14H11Cl2O4P/c15-14(16,21(18,19)20)12-8-6-11(7-9-12)13(17)10-4-2-1-3-5-10/h1-9H,(H2,18,19,20). The van der Waals surface area contributed by atoms with E-state index in [4.69, 9.17) is 33.0 Å². The third kappa shape index (κ3) is 3.37. The third-order valence-corrected chi connectivity index (χ3v) is 5.64. The molecule has 21 heavy (non-hydrogen) atoms. The lowest BCUT2D eigenvalue weighted by molar-refractivity contribution is 0.103. The van der Waals surface area contributed by atoms with E-state index in [1.54, 1.807) is 30.3 Å². The zero-order chi connectivity index (χ0) is 15.7. The first-order valence-corrected chi connectivity index (χ1v) is 8.24. The van der Waals surface area contributed by atoms with Crippen LogP contribution in [-0.4, -0.2) is 15.6 Å². The van der Waals surface area contributed by atoms with Crippen LogP contribution < -0.4 is 0 Å². The molecule has 0 radical (unpaired) electrons. The highest BCUT2D eigenvalue weighted by Crippen LogP contribution is 2.62. The van der Waals surface area contributed by atoms with Crippen molar-refractivity contribution in [3.05, 3.63) is 71.3 Å². The number of ketones is 1. The zero-order valence-electron chi connectivity index (χ0n) is 10.6. The first-order chi connectivity index (χ1) is 9.73. The summed E-state index contributed by atoms with van der Waals surface area (Å²) in [5, 5.41) is 0. The van der Waals surface area contributed by atoms with Gasteiger partial charge in [0.05, 0.1) is 0 Å². The van der Waals surface area contributed by atoms with Crippen molar-refractivity contribution in [2.24, 2.45) is 0 Å². The van der Waals surface area contributed by atoms with Crippen LogP contribution in [0.15, 0.2) is 54.6 Å². The highest BCUT2D eigenvalue weighted by molar-refractivity contribution is 7.57. The van der Waals surface area contributed by atoms with Gasteiger partial charge in [-0.3, -0.25) is 9.36 Å². The fourth-order valence-corrected chi connectivity index (χ4v) is 2.48. The van der Waals surface area contributed by atoms with Gasteiger partial charge in [-0.15, -0.1) is 0 Å². The first kappa shape index (κ1) is 16.2. The maximum absolute atomic E-state index is 12.2. The SMILES string of the molecule is O=C(c1ccccc1)c1ccc(C(Cl)(Cl)P(=O)(O)O)cc1. The van der Waals surface area contributed by atoms with Crippen molar-refractivity contribution in [1.82, 2.24) is 0 Å². The zero-order valence-corrected chi connectivity index (χ0v) is 13.0. The van der Waals surface area contributed by atoms with Crippen molar-refractivity contribution < 1.29 is 19.1 Å². The second-order valence-electron chi connectivity index (χ2n) is 4.36. The molecule has 0 spiro atoms. The largest absolute Gasteiger partial charge is 0.365 e. The normalized spacial score (nSPS) is 12.2. The van der Waals surface area contributed by atoms with Gasteiger partial charge in [0.15, 0.2) is 5.78 Å². The number of benzene rings is 2. The van der Waals surface area contributed by atoms with Crippen LogP contribution in [0.5, 0.6) is 0 Å². The Morgan fingerprint density at radius 3 is 1.86 bits per heavy atom. The topological polar surface area (TPSA) is 74.6 Å². The van der Waals surface area contributed by atoms with Crippen molar-refractivity contribution in [2.45, 2.75) is 4.07 Å². The molecule has 0 saturated heterocycles. The Balaban J connectivity index is 2.32. The monoisotopic (exact) mass is 344 g/mol. The summed E-state index contributed by atoms with van der Waals surface area (Å²) in [4.78, 5) is 30.5. The average Bonchev–Trinajstić information content (AvgIpc) is 2.46. The van der Waals surface area contributed by atoms with E-state index in [0.29, 0.717) is 11.1 Å². The van der Waals surface area contributed by atoms with Crippen LogP contribution in [-0.2, 0) is 8.64 Å². The number of hydrogen-bond acceptors (Lipinski definition) is 2. The van der Waals surface area contributed by atoms with Crippen LogP contribution >= 0.6 is 30.8 Å². The molecular weight excluding hydrogens is 334 g/mol. The molecule has 0 bridgehead atoms. The summed E-state index contributed by atoms with van der Waals surface area (Å²) in [6.45, 7) is 0. The van der Waals surface area contributed by atoms with Crippen LogP contribution in [0.3, 0.4) is 0 Å². The van der Waals surface area contributed by atoms with E-state index in [9.17, 15) is 9.36 Å². The van der Waals surface area contributed by atoms with Gasteiger partial charge in [0.1, 0.15) is 0 Å². The van der Waals surface area contributed by atoms with Crippen LogP contribution in [0.4, 0.5) is 0 Å². The van der Waals surface area contributed by atoms with Crippen molar-refractivity contribution in [1.29, 1.82) is 0 Å². The smallest absolute Gasteiger partial charge is 0.322 e. The average molecular weight is 345 g/mol. The van der Waals surface area contributed by atoms with E-state index in [2.05, 4.69) is 0 Å². The van der Waals surface area contributed by atoms with Gasteiger partial charge in [0.25, 0.3) is 0 Å². The van der Waals surface area contributed by atoms with E-state index in [-0.39, 0.29) is 11.3 Å². The Labute approximate surface area is 131 Å². The van der Waals surface area contributed by atoms with E-state index < -0.39 is 11.7 Å². The summed E-state index contributed by atoms with van der Waals surface area (Å²) < 4.78 is 8.93. The highest BCUT2D eigenvalue weighted by Gasteiger charge is 2.45. The van der Waals surface area contributed by atoms with Crippen LogP contribution in [0.25, 0.3) is 0 Å². The maximum atomic E-state index is 12.2. The second kappa shape index (κ2) is 5.91. The molecule has 7 heteroatoms.